The van der Waals surface area contributed by atoms with Gasteiger partial charge in [0.05, 0.1) is 4.90 Å². The van der Waals surface area contributed by atoms with E-state index in [4.69, 9.17) is 16.3 Å². The molecule has 0 bridgehead atoms. The molecule has 9 heteroatoms. The molecule has 1 aliphatic carbocycles. The second-order valence-corrected chi connectivity index (χ2v) is 10.6. The molecule has 1 saturated carbocycles. The van der Waals surface area contributed by atoms with Crippen LogP contribution in [0.25, 0.3) is 0 Å². The Morgan fingerprint density at radius 3 is 2.20 bits per heavy atom. The number of benzene rings is 2. The van der Waals surface area contributed by atoms with Crippen LogP contribution < -0.4 is 5.32 Å². The summed E-state index contributed by atoms with van der Waals surface area (Å²) < 4.78 is 45.3. The van der Waals surface area contributed by atoms with Gasteiger partial charge in [-0.05, 0) is 62.7 Å². The molecule has 160 valence electrons. The van der Waals surface area contributed by atoms with Crippen molar-refractivity contribution in [2.45, 2.75) is 48.0 Å². The van der Waals surface area contributed by atoms with Gasteiger partial charge in [-0.25, -0.2) is 17.6 Å². The molecule has 1 fully saturated rings. The zero-order chi connectivity index (χ0) is 22.3. The second kappa shape index (κ2) is 7.67. The number of alkyl carbamates (subject to hydrolysis) is 1. The van der Waals surface area contributed by atoms with Crippen LogP contribution in [-0.2, 0) is 19.4 Å². The van der Waals surface area contributed by atoms with Crippen LogP contribution in [-0.4, -0.2) is 37.2 Å². The van der Waals surface area contributed by atoms with Gasteiger partial charge in [0.15, 0.2) is 9.84 Å². The van der Waals surface area contributed by atoms with Crippen molar-refractivity contribution >= 4 is 33.8 Å². The maximum Gasteiger partial charge on any atom is 0.408 e. The third-order valence-corrected chi connectivity index (χ3v) is 7.31. The Hall–Kier alpha value is -2.45. The number of ether oxygens (including phenoxy) is 1. The van der Waals surface area contributed by atoms with E-state index >= 15 is 0 Å². The van der Waals surface area contributed by atoms with E-state index in [-0.39, 0.29) is 4.90 Å². The molecule has 1 amide bonds. The van der Waals surface area contributed by atoms with E-state index in [1.807, 2.05) is 0 Å². The Labute approximate surface area is 179 Å². The number of halogens is 2. The lowest BCUT2D eigenvalue weighted by atomic mass is 10.1. The number of aldehydes is 1. The van der Waals surface area contributed by atoms with Gasteiger partial charge in [0.1, 0.15) is 28.5 Å². The lowest BCUT2D eigenvalue weighted by Crippen LogP contribution is -2.45. The lowest BCUT2D eigenvalue weighted by molar-refractivity contribution is -0.110. The van der Waals surface area contributed by atoms with Gasteiger partial charge in [-0.3, -0.25) is 0 Å². The number of carbonyl (C=O) groups excluding carboxylic acids is 2. The number of nitrogens with one attached hydrogen (secondary N) is 1. The van der Waals surface area contributed by atoms with Crippen LogP contribution in [0.4, 0.5) is 9.18 Å². The number of carbonyl (C=O) groups is 2. The molecule has 6 nitrogen and oxygen atoms in total. The van der Waals surface area contributed by atoms with Crippen LogP contribution in [0.3, 0.4) is 0 Å². The van der Waals surface area contributed by atoms with Crippen molar-refractivity contribution in [2.24, 2.45) is 0 Å². The van der Waals surface area contributed by atoms with Crippen molar-refractivity contribution in [1.29, 1.82) is 0 Å². The molecule has 1 aliphatic rings. The van der Waals surface area contributed by atoms with E-state index in [2.05, 4.69) is 5.32 Å². The van der Waals surface area contributed by atoms with Crippen molar-refractivity contribution in [2.75, 3.05) is 0 Å². The van der Waals surface area contributed by atoms with E-state index in [9.17, 15) is 22.4 Å². The third-order valence-electron chi connectivity index (χ3n) is 4.80. The van der Waals surface area contributed by atoms with Crippen molar-refractivity contribution in [3.05, 3.63) is 64.9 Å². The largest absolute Gasteiger partial charge is 0.444 e. The van der Waals surface area contributed by atoms with Crippen LogP contribution >= 0.6 is 11.6 Å². The SMILES string of the molecule is CC(C)(C)OC(=O)N[C@@]1(C=O)[C@@H](c2ccc(F)cc2)[C@@H]1S(=O)(=O)c1ccc(Cl)cc1. The summed E-state index contributed by atoms with van der Waals surface area (Å²) in [4.78, 5) is 24.5. The van der Waals surface area contributed by atoms with E-state index in [0.29, 0.717) is 16.9 Å². The van der Waals surface area contributed by atoms with Crippen LogP contribution in [0.5, 0.6) is 0 Å². The molecule has 2 aromatic carbocycles. The second-order valence-electron chi connectivity index (χ2n) is 8.13. The normalized spacial score (nSPS) is 23.5. The van der Waals surface area contributed by atoms with E-state index in [1.54, 1.807) is 20.8 Å². The minimum absolute atomic E-state index is 0.0428. The number of rotatable bonds is 5. The highest BCUT2D eigenvalue weighted by molar-refractivity contribution is 7.92. The predicted octanol–water partition coefficient (Wildman–Crippen LogP) is 3.88. The zero-order valence-electron chi connectivity index (χ0n) is 16.6. The van der Waals surface area contributed by atoms with Gasteiger partial charge in [-0.2, -0.15) is 0 Å². The van der Waals surface area contributed by atoms with Crippen molar-refractivity contribution in [1.82, 2.24) is 5.32 Å². The summed E-state index contributed by atoms with van der Waals surface area (Å²) in [5.74, 6) is -1.42. The summed E-state index contributed by atoms with van der Waals surface area (Å²) >= 11 is 5.85. The maximum absolute atomic E-state index is 13.4. The summed E-state index contributed by atoms with van der Waals surface area (Å²) in [6.07, 6.45) is -0.515. The summed E-state index contributed by atoms with van der Waals surface area (Å²) in [6.45, 7) is 4.94. The molecule has 3 rings (SSSR count). The first kappa shape index (κ1) is 22.2. The fourth-order valence-corrected chi connectivity index (χ4v) is 5.87. The summed E-state index contributed by atoms with van der Waals surface area (Å²) in [5, 5.41) is 1.51. The van der Waals surface area contributed by atoms with E-state index in [1.165, 1.54) is 48.5 Å². The van der Waals surface area contributed by atoms with E-state index in [0.717, 1.165) is 0 Å². The summed E-state index contributed by atoms with van der Waals surface area (Å²) in [7, 11) is -4.05. The minimum Gasteiger partial charge on any atom is -0.444 e. The molecular formula is C21H21ClFNO5S. The molecule has 0 aliphatic heterocycles. The standard InChI is InChI=1S/C21H21ClFNO5S/c1-20(2,3)29-19(26)24-21(12-25)17(13-4-8-15(23)9-5-13)18(21)30(27,28)16-10-6-14(22)7-11-16/h4-12,17-18H,1-3H3,(H,24,26)/t17-,18-,21-/m0/s1. The third kappa shape index (κ3) is 4.20. The highest BCUT2D eigenvalue weighted by Crippen LogP contribution is 2.56. The first-order chi connectivity index (χ1) is 13.9. The first-order valence-electron chi connectivity index (χ1n) is 9.13. The molecule has 1 N–H and O–H groups in total. The molecule has 0 spiro atoms. The first-order valence-corrected chi connectivity index (χ1v) is 11.1. The van der Waals surface area contributed by atoms with E-state index < -0.39 is 44.1 Å². The monoisotopic (exact) mass is 453 g/mol. The number of amides is 1. The van der Waals surface area contributed by atoms with Crippen molar-refractivity contribution in [3.8, 4) is 0 Å². The molecule has 0 aromatic heterocycles. The summed E-state index contributed by atoms with van der Waals surface area (Å²) in [6, 6.07) is 10.6. The fraction of sp³-hybridized carbons (Fsp3) is 0.333. The Balaban J connectivity index is 2.04. The van der Waals surface area contributed by atoms with Crippen LogP contribution in [0, 0.1) is 5.82 Å². The quantitative estimate of drug-likeness (QED) is 0.694. The molecule has 2 aromatic rings. The zero-order valence-corrected chi connectivity index (χ0v) is 18.1. The van der Waals surface area contributed by atoms with Crippen LogP contribution in [0.1, 0.15) is 32.3 Å². The molecular weight excluding hydrogens is 433 g/mol. The Morgan fingerprint density at radius 2 is 1.70 bits per heavy atom. The molecule has 0 unspecified atom stereocenters. The highest BCUT2D eigenvalue weighted by atomic mass is 35.5. The average molecular weight is 454 g/mol. The smallest absolute Gasteiger partial charge is 0.408 e. The summed E-state index contributed by atoms with van der Waals surface area (Å²) in [5.41, 5.74) is -2.19. The van der Waals surface area contributed by atoms with Gasteiger partial charge in [0, 0.05) is 10.9 Å². The average Bonchev–Trinajstić information content (AvgIpc) is 3.30. The van der Waals surface area contributed by atoms with Gasteiger partial charge in [0.25, 0.3) is 0 Å². The Kier molecular flexibility index (Phi) is 5.68. The topological polar surface area (TPSA) is 89.5 Å². The van der Waals surface area contributed by atoms with Gasteiger partial charge in [-0.15, -0.1) is 0 Å². The van der Waals surface area contributed by atoms with Gasteiger partial charge in [0.2, 0.25) is 0 Å². The molecule has 3 atom stereocenters. The Morgan fingerprint density at radius 1 is 1.13 bits per heavy atom. The van der Waals surface area contributed by atoms with Crippen LogP contribution in [0.15, 0.2) is 53.4 Å². The number of hydrogen-bond donors (Lipinski definition) is 1. The number of hydrogen-bond acceptors (Lipinski definition) is 5. The Bertz CT molecular complexity index is 1060. The van der Waals surface area contributed by atoms with Gasteiger partial charge < -0.3 is 14.8 Å². The molecule has 30 heavy (non-hydrogen) atoms. The van der Waals surface area contributed by atoms with Crippen molar-refractivity contribution in [3.63, 3.8) is 0 Å². The predicted molar refractivity (Wildman–Crippen MR) is 110 cm³/mol. The highest BCUT2D eigenvalue weighted by Gasteiger charge is 2.73. The molecule has 0 heterocycles. The number of sulfone groups is 1. The van der Waals surface area contributed by atoms with Gasteiger partial charge >= 0.3 is 6.09 Å². The lowest BCUT2D eigenvalue weighted by Gasteiger charge is -2.22. The maximum atomic E-state index is 13.4. The van der Waals surface area contributed by atoms with Crippen LogP contribution in [0.2, 0.25) is 5.02 Å². The molecule has 0 saturated heterocycles. The molecule has 0 radical (unpaired) electrons. The fourth-order valence-electron chi connectivity index (χ4n) is 3.50. The van der Waals surface area contributed by atoms with Gasteiger partial charge in [-0.1, -0.05) is 23.7 Å². The minimum atomic E-state index is -4.05. The van der Waals surface area contributed by atoms with Crippen molar-refractivity contribution < 1.29 is 27.1 Å².